The van der Waals surface area contributed by atoms with Crippen molar-refractivity contribution in [1.82, 2.24) is 10.9 Å². The van der Waals surface area contributed by atoms with Crippen molar-refractivity contribution >= 4 is 23.2 Å². The Balaban J connectivity index is 1.39. The molecule has 0 heterocycles. The van der Waals surface area contributed by atoms with Crippen LogP contribution in [0.5, 0.6) is 0 Å². The lowest BCUT2D eigenvalue weighted by Crippen LogP contribution is -2.20. The molecule has 28 heavy (non-hydrogen) atoms. The molecule has 0 saturated heterocycles. The monoisotopic (exact) mass is 390 g/mol. The Bertz CT molecular complexity index is 479. The fourth-order valence-corrected chi connectivity index (χ4v) is 3.82. The third-order valence-electron chi connectivity index (χ3n) is 5.60. The molecule has 0 radical (unpaired) electrons. The Morgan fingerprint density at radius 3 is 1.32 bits per heavy atom. The molecule has 2 fully saturated rings. The van der Waals surface area contributed by atoms with Crippen LogP contribution in [0.4, 0.5) is 0 Å². The van der Waals surface area contributed by atoms with Crippen LogP contribution in [0.1, 0.15) is 116 Å². The lowest BCUT2D eigenvalue weighted by molar-refractivity contribution is -0.122. The van der Waals surface area contributed by atoms with Gasteiger partial charge in [0.25, 0.3) is 0 Å². The van der Waals surface area contributed by atoms with Crippen LogP contribution in [0.2, 0.25) is 0 Å². The summed E-state index contributed by atoms with van der Waals surface area (Å²) < 4.78 is 0. The van der Waals surface area contributed by atoms with Gasteiger partial charge in [-0.05, 0) is 64.2 Å². The minimum Gasteiger partial charge on any atom is -0.273 e. The molecule has 0 aromatic carbocycles. The van der Waals surface area contributed by atoms with Crippen molar-refractivity contribution in [2.75, 3.05) is 0 Å². The molecule has 0 unspecified atom stereocenters. The first-order valence-electron chi connectivity index (χ1n) is 11.4. The predicted molar refractivity (Wildman–Crippen MR) is 114 cm³/mol. The maximum absolute atomic E-state index is 11.8. The summed E-state index contributed by atoms with van der Waals surface area (Å²) in [4.78, 5) is 23.6. The molecule has 158 valence electrons. The van der Waals surface area contributed by atoms with E-state index in [9.17, 15) is 9.59 Å². The van der Waals surface area contributed by atoms with Crippen LogP contribution in [0.25, 0.3) is 0 Å². The molecular weight excluding hydrogens is 352 g/mol. The number of unbranched alkanes of at least 4 members (excludes halogenated alkanes) is 5. The Labute approximate surface area is 170 Å². The molecule has 0 aromatic rings. The van der Waals surface area contributed by atoms with E-state index in [1.807, 2.05) is 0 Å². The molecule has 0 bridgehead atoms. The molecule has 2 saturated carbocycles. The molecule has 6 nitrogen and oxygen atoms in total. The Morgan fingerprint density at radius 1 is 0.571 bits per heavy atom. The number of carbonyl (C=O) groups is 2. The number of carbonyl (C=O) groups excluding carboxylic acids is 2. The molecule has 2 N–H and O–H groups in total. The van der Waals surface area contributed by atoms with Crippen LogP contribution < -0.4 is 10.9 Å². The first-order chi connectivity index (χ1) is 13.7. The van der Waals surface area contributed by atoms with Crippen LogP contribution in [0.3, 0.4) is 0 Å². The lowest BCUT2D eigenvalue weighted by Gasteiger charge is -2.12. The van der Waals surface area contributed by atoms with E-state index in [0.717, 1.165) is 75.6 Å². The molecule has 0 aliphatic heterocycles. The average Bonchev–Trinajstić information content (AvgIpc) is 2.74. The third kappa shape index (κ3) is 10.6. The molecule has 2 amide bonds. The Hall–Kier alpha value is -1.72. The summed E-state index contributed by atoms with van der Waals surface area (Å²) in [5, 5.41) is 8.51. The first-order valence-corrected chi connectivity index (χ1v) is 11.4. The fourth-order valence-electron chi connectivity index (χ4n) is 3.82. The third-order valence-corrected chi connectivity index (χ3v) is 5.60. The number of nitrogens with one attached hydrogen (secondary N) is 2. The quantitative estimate of drug-likeness (QED) is 0.385. The molecule has 0 spiro atoms. The second-order valence-corrected chi connectivity index (χ2v) is 8.17. The van der Waals surface area contributed by atoms with Gasteiger partial charge in [-0.15, -0.1) is 0 Å². The number of nitrogens with zero attached hydrogens (tertiary/aromatic N) is 2. The van der Waals surface area contributed by atoms with Gasteiger partial charge >= 0.3 is 0 Å². The van der Waals surface area contributed by atoms with Crippen LogP contribution in [0, 0.1) is 0 Å². The average molecular weight is 391 g/mol. The number of hydrogen-bond acceptors (Lipinski definition) is 4. The number of rotatable bonds is 11. The summed E-state index contributed by atoms with van der Waals surface area (Å²) in [5.74, 6) is 0.0728. The topological polar surface area (TPSA) is 82.9 Å². The van der Waals surface area contributed by atoms with Crippen molar-refractivity contribution in [3.05, 3.63) is 0 Å². The molecule has 2 rings (SSSR count). The molecule has 6 heteroatoms. The lowest BCUT2D eigenvalue weighted by atomic mass is 9.99. The summed E-state index contributed by atoms with van der Waals surface area (Å²) in [6.45, 7) is 0. The van der Waals surface area contributed by atoms with Gasteiger partial charge in [-0.3, -0.25) is 9.59 Å². The molecule has 0 aromatic heterocycles. The zero-order valence-corrected chi connectivity index (χ0v) is 17.4. The van der Waals surface area contributed by atoms with Gasteiger partial charge in [0, 0.05) is 24.3 Å². The summed E-state index contributed by atoms with van der Waals surface area (Å²) in [6.07, 6.45) is 18.8. The van der Waals surface area contributed by atoms with Gasteiger partial charge in [0.05, 0.1) is 0 Å². The van der Waals surface area contributed by atoms with Crippen molar-refractivity contribution in [1.29, 1.82) is 0 Å². The van der Waals surface area contributed by atoms with E-state index in [1.165, 1.54) is 38.5 Å². The summed E-state index contributed by atoms with van der Waals surface area (Å²) >= 11 is 0. The zero-order valence-electron chi connectivity index (χ0n) is 17.4. The first kappa shape index (κ1) is 22.6. The van der Waals surface area contributed by atoms with Gasteiger partial charge in [-0.1, -0.05) is 38.5 Å². The maximum Gasteiger partial charge on any atom is 0.240 e. The van der Waals surface area contributed by atoms with E-state index >= 15 is 0 Å². The van der Waals surface area contributed by atoms with E-state index in [0.29, 0.717) is 12.8 Å². The van der Waals surface area contributed by atoms with Gasteiger partial charge < -0.3 is 0 Å². The smallest absolute Gasteiger partial charge is 0.240 e. The van der Waals surface area contributed by atoms with E-state index in [1.54, 1.807) is 0 Å². The van der Waals surface area contributed by atoms with Crippen molar-refractivity contribution < 1.29 is 9.59 Å². The second kappa shape index (κ2) is 14.3. The van der Waals surface area contributed by atoms with Gasteiger partial charge in [-0.2, -0.15) is 10.2 Å². The minimum atomic E-state index is 0.0364. The summed E-state index contributed by atoms with van der Waals surface area (Å²) in [5.41, 5.74) is 7.71. The van der Waals surface area contributed by atoms with Gasteiger partial charge in [-0.25, -0.2) is 10.9 Å². The second-order valence-electron chi connectivity index (χ2n) is 8.17. The Kier molecular flexibility index (Phi) is 11.5. The van der Waals surface area contributed by atoms with Gasteiger partial charge in [0.1, 0.15) is 0 Å². The standard InChI is InChI=1S/C22H38N4O2/c27-21(25-23-19-13-7-5-8-14-19)17-11-3-1-2-4-12-18-22(28)26-24-20-15-9-6-10-16-20/h1-18H2,(H,25,27)(H,26,28). The molecular formula is C22H38N4O2. The Morgan fingerprint density at radius 2 is 0.929 bits per heavy atom. The van der Waals surface area contributed by atoms with E-state index < -0.39 is 0 Å². The van der Waals surface area contributed by atoms with Gasteiger partial charge in [0.2, 0.25) is 11.8 Å². The van der Waals surface area contributed by atoms with Crippen molar-refractivity contribution in [3.63, 3.8) is 0 Å². The van der Waals surface area contributed by atoms with Crippen molar-refractivity contribution in [3.8, 4) is 0 Å². The van der Waals surface area contributed by atoms with Crippen molar-refractivity contribution in [2.45, 2.75) is 116 Å². The van der Waals surface area contributed by atoms with Crippen LogP contribution in [-0.4, -0.2) is 23.2 Å². The molecule has 2 aliphatic rings. The van der Waals surface area contributed by atoms with Crippen LogP contribution in [0.15, 0.2) is 10.2 Å². The molecule has 2 aliphatic carbocycles. The number of amides is 2. The fraction of sp³-hybridized carbons (Fsp3) is 0.818. The van der Waals surface area contributed by atoms with E-state index in [2.05, 4.69) is 21.1 Å². The maximum atomic E-state index is 11.8. The number of hydrogen-bond donors (Lipinski definition) is 2. The summed E-state index contributed by atoms with van der Waals surface area (Å²) in [6, 6.07) is 0. The largest absolute Gasteiger partial charge is 0.273 e. The summed E-state index contributed by atoms with van der Waals surface area (Å²) in [7, 11) is 0. The highest BCUT2D eigenvalue weighted by atomic mass is 16.2. The van der Waals surface area contributed by atoms with E-state index in [4.69, 9.17) is 0 Å². The predicted octanol–water partition coefficient (Wildman–Crippen LogP) is 4.98. The minimum absolute atomic E-state index is 0.0364. The van der Waals surface area contributed by atoms with E-state index in [-0.39, 0.29) is 11.8 Å². The van der Waals surface area contributed by atoms with Crippen LogP contribution in [-0.2, 0) is 9.59 Å². The SMILES string of the molecule is O=C(CCCCCCCCC(=O)NN=C1CCCCC1)NN=C1CCCCC1. The highest BCUT2D eigenvalue weighted by molar-refractivity contribution is 5.87. The highest BCUT2D eigenvalue weighted by Gasteiger charge is 2.08. The molecule has 0 atom stereocenters. The van der Waals surface area contributed by atoms with Crippen molar-refractivity contribution in [2.24, 2.45) is 10.2 Å². The normalized spacial score (nSPS) is 17.1. The van der Waals surface area contributed by atoms with Gasteiger partial charge in [0.15, 0.2) is 0 Å². The highest BCUT2D eigenvalue weighted by Crippen LogP contribution is 2.15. The zero-order chi connectivity index (χ0) is 19.9. The number of hydrazone groups is 2. The van der Waals surface area contributed by atoms with Crippen LogP contribution >= 0.6 is 0 Å².